The molecule has 0 saturated carbocycles. The van der Waals surface area contributed by atoms with Crippen LogP contribution in [0.15, 0.2) is 79.0 Å². The third-order valence-corrected chi connectivity index (χ3v) is 6.17. The minimum atomic E-state index is -5.37. The van der Waals surface area contributed by atoms with E-state index in [-0.39, 0.29) is 22.6 Å². The maximum atomic E-state index is 13.4. The SMILES string of the molecule is COc1ccc(C(=O)c2ccc(OCCc3ccc4ccccc4c3)nc2)c(OC(C)(C)C(=O)OOC(=O)C(F)(F)F)c1. The summed E-state index contributed by atoms with van der Waals surface area (Å²) in [5.74, 6) is -4.31. The zero-order chi connectivity index (χ0) is 31.2. The van der Waals surface area contributed by atoms with Crippen molar-refractivity contribution in [2.75, 3.05) is 13.7 Å². The average molecular weight is 598 g/mol. The lowest BCUT2D eigenvalue weighted by Gasteiger charge is -2.24. The summed E-state index contributed by atoms with van der Waals surface area (Å²) in [4.78, 5) is 48.4. The fourth-order valence-electron chi connectivity index (χ4n) is 3.86. The molecule has 9 nitrogen and oxygen atoms in total. The fraction of sp³-hybridized carbons (Fsp3) is 0.226. The number of benzene rings is 3. The summed E-state index contributed by atoms with van der Waals surface area (Å²) in [5, 5.41) is 2.28. The molecule has 0 aliphatic carbocycles. The van der Waals surface area contributed by atoms with Gasteiger partial charge in [0.25, 0.3) is 0 Å². The molecule has 4 rings (SSSR count). The topological polar surface area (TPSA) is 110 Å². The molecule has 0 atom stereocenters. The molecule has 0 aliphatic rings. The van der Waals surface area contributed by atoms with Crippen LogP contribution in [-0.2, 0) is 25.8 Å². The van der Waals surface area contributed by atoms with Gasteiger partial charge in [0, 0.05) is 30.3 Å². The Bertz CT molecular complexity index is 1630. The third kappa shape index (κ3) is 7.79. The number of carbonyl (C=O) groups is 3. The lowest BCUT2D eigenvalue weighted by atomic mass is 10.0. The highest BCUT2D eigenvalue weighted by molar-refractivity contribution is 6.10. The Kier molecular flexibility index (Phi) is 9.18. The molecule has 4 aromatic rings. The molecule has 0 spiro atoms. The van der Waals surface area contributed by atoms with Gasteiger partial charge in [0.2, 0.25) is 11.5 Å². The van der Waals surface area contributed by atoms with Crippen LogP contribution in [0.3, 0.4) is 0 Å². The second-order valence-corrected chi connectivity index (χ2v) is 9.71. The van der Waals surface area contributed by atoms with Crippen LogP contribution in [0.1, 0.15) is 35.3 Å². The number of alkyl halides is 3. The van der Waals surface area contributed by atoms with Crippen LogP contribution in [-0.4, -0.2) is 48.2 Å². The highest BCUT2D eigenvalue weighted by Gasteiger charge is 2.44. The smallest absolute Gasteiger partial charge is 0.495 e. The Labute approximate surface area is 244 Å². The number of aromatic nitrogens is 1. The molecule has 43 heavy (non-hydrogen) atoms. The Balaban J connectivity index is 1.42. The van der Waals surface area contributed by atoms with Crippen molar-refractivity contribution in [3.05, 3.63) is 95.7 Å². The van der Waals surface area contributed by atoms with E-state index in [4.69, 9.17) is 14.2 Å². The van der Waals surface area contributed by atoms with Gasteiger partial charge in [0.15, 0.2) is 5.78 Å². The quantitative estimate of drug-likeness (QED) is 0.127. The van der Waals surface area contributed by atoms with Gasteiger partial charge >= 0.3 is 18.1 Å². The molecule has 0 bridgehead atoms. The Morgan fingerprint density at radius 3 is 2.23 bits per heavy atom. The number of methoxy groups -OCH3 is 1. The van der Waals surface area contributed by atoms with Gasteiger partial charge in [0.05, 0.1) is 19.3 Å². The molecular formula is C31H26F3NO8. The van der Waals surface area contributed by atoms with Crippen LogP contribution in [0, 0.1) is 0 Å². The summed E-state index contributed by atoms with van der Waals surface area (Å²) in [6.07, 6.45) is -3.41. The first-order chi connectivity index (χ1) is 20.4. The number of carbonyl (C=O) groups excluding carboxylic acids is 3. The van der Waals surface area contributed by atoms with Gasteiger partial charge in [0.1, 0.15) is 11.5 Å². The Morgan fingerprint density at radius 2 is 1.56 bits per heavy atom. The van der Waals surface area contributed by atoms with Gasteiger partial charge < -0.3 is 14.2 Å². The van der Waals surface area contributed by atoms with E-state index in [1.54, 1.807) is 0 Å². The number of halogens is 3. The first kappa shape index (κ1) is 30.8. The van der Waals surface area contributed by atoms with Gasteiger partial charge in [-0.05, 0) is 48.4 Å². The van der Waals surface area contributed by atoms with Gasteiger partial charge in [-0.2, -0.15) is 13.2 Å². The van der Waals surface area contributed by atoms with E-state index < -0.39 is 29.5 Å². The number of nitrogens with zero attached hydrogens (tertiary/aromatic N) is 1. The van der Waals surface area contributed by atoms with Crippen molar-refractivity contribution in [2.24, 2.45) is 0 Å². The summed E-state index contributed by atoms with van der Waals surface area (Å²) < 4.78 is 53.7. The average Bonchev–Trinajstić information content (AvgIpc) is 2.98. The third-order valence-electron chi connectivity index (χ3n) is 6.17. The van der Waals surface area contributed by atoms with E-state index in [9.17, 15) is 27.6 Å². The molecule has 0 amide bonds. The van der Waals surface area contributed by atoms with Gasteiger partial charge in [-0.1, -0.05) is 42.5 Å². The molecule has 1 heterocycles. The molecule has 0 unspecified atom stereocenters. The molecule has 3 aromatic carbocycles. The van der Waals surface area contributed by atoms with E-state index in [0.29, 0.717) is 18.9 Å². The second kappa shape index (κ2) is 12.8. The Morgan fingerprint density at radius 1 is 0.837 bits per heavy atom. The number of hydrogen-bond acceptors (Lipinski definition) is 9. The normalized spacial score (nSPS) is 11.5. The zero-order valence-corrected chi connectivity index (χ0v) is 23.3. The van der Waals surface area contributed by atoms with Crippen molar-refractivity contribution < 1.29 is 51.5 Å². The maximum absolute atomic E-state index is 13.4. The predicted octanol–water partition coefficient (Wildman–Crippen LogP) is 5.82. The first-order valence-corrected chi connectivity index (χ1v) is 12.9. The molecule has 0 aliphatic heterocycles. The number of fused-ring (bicyclic) bond motifs is 1. The van der Waals surface area contributed by atoms with Crippen molar-refractivity contribution in [1.82, 2.24) is 4.98 Å². The van der Waals surface area contributed by atoms with Crippen molar-refractivity contribution in [1.29, 1.82) is 0 Å². The van der Waals surface area contributed by atoms with Crippen LogP contribution in [0.4, 0.5) is 13.2 Å². The van der Waals surface area contributed by atoms with Crippen molar-refractivity contribution in [3.63, 3.8) is 0 Å². The molecule has 12 heteroatoms. The molecular weight excluding hydrogens is 571 g/mol. The van der Waals surface area contributed by atoms with E-state index in [1.807, 2.05) is 36.4 Å². The second-order valence-electron chi connectivity index (χ2n) is 9.71. The van der Waals surface area contributed by atoms with Crippen molar-refractivity contribution >= 4 is 28.5 Å². The molecule has 1 aromatic heterocycles. The number of ketones is 1. The largest absolute Gasteiger partial charge is 0.497 e. The molecule has 0 radical (unpaired) electrons. The summed E-state index contributed by atoms with van der Waals surface area (Å²) in [6, 6.07) is 21.4. The molecule has 0 saturated heterocycles. The highest BCUT2D eigenvalue weighted by Crippen LogP contribution is 2.31. The van der Waals surface area contributed by atoms with Gasteiger partial charge in [-0.3, -0.25) is 4.79 Å². The van der Waals surface area contributed by atoms with Crippen LogP contribution in [0.2, 0.25) is 0 Å². The lowest BCUT2D eigenvalue weighted by molar-refractivity contribution is -0.291. The summed E-state index contributed by atoms with van der Waals surface area (Å²) in [5.41, 5.74) is -0.742. The summed E-state index contributed by atoms with van der Waals surface area (Å²) in [7, 11) is 1.36. The molecule has 0 fully saturated rings. The monoisotopic (exact) mass is 597 g/mol. The molecule has 0 N–H and O–H groups in total. The Hall–Kier alpha value is -5.13. The van der Waals surface area contributed by atoms with Gasteiger partial charge in [-0.25, -0.2) is 24.3 Å². The lowest BCUT2D eigenvalue weighted by Crippen LogP contribution is -2.41. The first-order valence-electron chi connectivity index (χ1n) is 12.9. The van der Waals surface area contributed by atoms with Crippen LogP contribution < -0.4 is 14.2 Å². The van der Waals surface area contributed by atoms with Crippen LogP contribution in [0.5, 0.6) is 17.4 Å². The summed E-state index contributed by atoms with van der Waals surface area (Å²) >= 11 is 0. The van der Waals surface area contributed by atoms with Crippen molar-refractivity contribution in [2.45, 2.75) is 32.0 Å². The standard InChI is InChI=1S/C31H26F3NO8/c1-30(2,28(37)42-43-29(38)31(32,33)34)41-25-17-23(39-3)11-12-24(25)27(36)22-10-13-26(35-18-22)40-15-14-19-8-9-20-6-4-5-7-21(20)16-19/h4-13,16-18H,14-15H2,1-3H3. The van der Waals surface area contributed by atoms with E-state index in [0.717, 1.165) is 30.2 Å². The fourth-order valence-corrected chi connectivity index (χ4v) is 3.86. The number of ether oxygens (including phenoxy) is 3. The zero-order valence-electron chi connectivity index (χ0n) is 23.3. The maximum Gasteiger partial charge on any atom is 0.495 e. The number of pyridine rings is 1. The van der Waals surface area contributed by atoms with Crippen molar-refractivity contribution in [3.8, 4) is 17.4 Å². The number of hydrogen-bond donors (Lipinski definition) is 0. The molecule has 224 valence electrons. The minimum absolute atomic E-state index is 0.0132. The van der Waals surface area contributed by atoms with Gasteiger partial charge in [-0.15, -0.1) is 0 Å². The van der Waals surface area contributed by atoms with Crippen LogP contribution in [0.25, 0.3) is 10.8 Å². The number of rotatable bonds is 10. The highest BCUT2D eigenvalue weighted by atomic mass is 19.4. The van der Waals surface area contributed by atoms with E-state index >= 15 is 0 Å². The predicted molar refractivity (Wildman–Crippen MR) is 147 cm³/mol. The minimum Gasteiger partial charge on any atom is -0.497 e. The van der Waals surface area contributed by atoms with E-state index in [1.165, 1.54) is 43.6 Å². The van der Waals surface area contributed by atoms with E-state index in [2.05, 4.69) is 20.8 Å². The van der Waals surface area contributed by atoms with Crippen LogP contribution >= 0.6 is 0 Å². The summed E-state index contributed by atoms with van der Waals surface area (Å²) in [6.45, 7) is 2.66.